The highest BCUT2D eigenvalue weighted by atomic mass is 32.2. The number of aliphatic hydroxyl groups excluding tert-OH is 1. The largest absolute Gasteiger partial charge is 0.445 e. The second kappa shape index (κ2) is 12.8. The number of thiazole rings is 1. The smallest absolute Gasteiger partial charge is 0.411 e. The van der Waals surface area contributed by atoms with Crippen LogP contribution in [0.2, 0.25) is 0 Å². The number of carbonyl (C=O) groups excluding carboxylic acids is 1. The molecule has 7 nitrogen and oxygen atoms in total. The van der Waals surface area contributed by atoms with Crippen molar-refractivity contribution in [2.75, 3.05) is 17.7 Å². The van der Waals surface area contributed by atoms with Crippen LogP contribution in [0.3, 0.4) is 0 Å². The van der Waals surface area contributed by atoms with Gasteiger partial charge in [0.25, 0.3) is 0 Å². The maximum absolute atomic E-state index is 12.1. The van der Waals surface area contributed by atoms with Crippen LogP contribution in [0.4, 0.5) is 10.5 Å². The lowest BCUT2D eigenvalue weighted by molar-refractivity contribution is -0.268. The molecule has 202 valence electrons. The maximum atomic E-state index is 12.1. The van der Waals surface area contributed by atoms with Crippen molar-refractivity contribution in [2.24, 2.45) is 5.92 Å². The number of nitrogens with one attached hydrogen (secondary N) is 1. The molecular weight excluding hydrogens is 532 g/mol. The van der Waals surface area contributed by atoms with E-state index >= 15 is 0 Å². The molecule has 39 heavy (non-hydrogen) atoms. The molecule has 1 aliphatic heterocycles. The molecule has 4 aromatic rings. The lowest BCUT2D eigenvalue weighted by Crippen LogP contribution is -2.38. The van der Waals surface area contributed by atoms with Crippen LogP contribution in [-0.4, -0.2) is 34.6 Å². The molecule has 0 radical (unpaired) electrons. The predicted molar refractivity (Wildman–Crippen MR) is 155 cm³/mol. The van der Waals surface area contributed by atoms with Gasteiger partial charge in [-0.25, -0.2) is 9.78 Å². The summed E-state index contributed by atoms with van der Waals surface area (Å²) in [5.41, 5.74) is 4.24. The fourth-order valence-electron chi connectivity index (χ4n) is 4.43. The summed E-state index contributed by atoms with van der Waals surface area (Å²) in [6, 6.07) is 23.4. The Labute approximate surface area is 235 Å². The van der Waals surface area contributed by atoms with Gasteiger partial charge in [0.1, 0.15) is 6.61 Å². The summed E-state index contributed by atoms with van der Waals surface area (Å²) >= 11 is 3.37. The molecule has 1 fully saturated rings. The third-order valence-electron chi connectivity index (χ3n) is 6.51. The van der Waals surface area contributed by atoms with Gasteiger partial charge in [-0.1, -0.05) is 79.9 Å². The number of hydrogen-bond acceptors (Lipinski definition) is 8. The number of benzene rings is 3. The minimum Gasteiger partial charge on any atom is -0.445 e. The number of anilines is 1. The molecule has 0 bridgehead atoms. The molecule has 1 aromatic heterocycles. The number of hydrogen-bond donors (Lipinski definition) is 2. The molecule has 9 heteroatoms. The monoisotopic (exact) mass is 562 g/mol. The topological polar surface area (TPSA) is 89.9 Å². The molecule has 0 aliphatic carbocycles. The van der Waals surface area contributed by atoms with Crippen molar-refractivity contribution in [3.63, 3.8) is 0 Å². The van der Waals surface area contributed by atoms with E-state index in [0.717, 1.165) is 31.2 Å². The average molecular weight is 563 g/mol. The molecule has 4 atom stereocenters. The van der Waals surface area contributed by atoms with E-state index < -0.39 is 12.4 Å². The third kappa shape index (κ3) is 6.69. The Morgan fingerprint density at radius 3 is 2.72 bits per heavy atom. The van der Waals surface area contributed by atoms with E-state index in [4.69, 9.17) is 19.2 Å². The molecule has 0 unspecified atom stereocenters. The van der Waals surface area contributed by atoms with Crippen molar-refractivity contribution >= 4 is 45.1 Å². The molecule has 1 saturated heterocycles. The van der Waals surface area contributed by atoms with Crippen molar-refractivity contribution in [3.8, 4) is 0 Å². The summed E-state index contributed by atoms with van der Waals surface area (Å²) in [5.74, 6) is 0.760. The zero-order chi connectivity index (χ0) is 27.2. The van der Waals surface area contributed by atoms with Gasteiger partial charge in [-0.15, -0.1) is 11.3 Å². The van der Waals surface area contributed by atoms with Crippen molar-refractivity contribution < 1.29 is 24.1 Å². The Morgan fingerprint density at radius 2 is 1.95 bits per heavy atom. The molecule has 5 rings (SSSR count). The summed E-state index contributed by atoms with van der Waals surface area (Å²) in [7, 11) is 0. The number of amides is 1. The molecular formula is C30H30N2O5S2. The minimum atomic E-state index is -0.643. The number of rotatable bonds is 9. The summed E-state index contributed by atoms with van der Waals surface area (Å²) in [5, 5.41) is 12.2. The van der Waals surface area contributed by atoms with Crippen molar-refractivity contribution in [1.29, 1.82) is 0 Å². The van der Waals surface area contributed by atoms with E-state index in [9.17, 15) is 9.90 Å². The number of thioether (sulfide) groups is 1. The first-order valence-corrected chi connectivity index (χ1v) is 14.5. The van der Waals surface area contributed by atoms with E-state index in [1.165, 1.54) is 6.08 Å². The van der Waals surface area contributed by atoms with Crippen LogP contribution < -0.4 is 5.32 Å². The van der Waals surface area contributed by atoms with E-state index in [0.29, 0.717) is 11.4 Å². The summed E-state index contributed by atoms with van der Waals surface area (Å²) in [6.07, 6.45) is -0.0431. The number of para-hydroxylation sites is 1. The van der Waals surface area contributed by atoms with Gasteiger partial charge in [-0.05, 0) is 35.4 Å². The van der Waals surface area contributed by atoms with Gasteiger partial charge >= 0.3 is 6.09 Å². The zero-order valence-corrected chi connectivity index (χ0v) is 23.1. The first-order chi connectivity index (χ1) is 19.0. The second-order valence-electron chi connectivity index (χ2n) is 9.22. The first kappa shape index (κ1) is 27.4. The molecule has 1 amide bonds. The summed E-state index contributed by atoms with van der Waals surface area (Å²) < 4.78 is 20.3. The van der Waals surface area contributed by atoms with Crippen LogP contribution in [0.15, 0.2) is 89.8 Å². The lowest BCUT2D eigenvalue weighted by Gasteiger charge is -2.41. The number of ether oxygens (including phenoxy) is 3. The Hall–Kier alpha value is -3.21. The fraction of sp³-hybridized carbons (Fsp3) is 0.267. The molecule has 2 N–H and O–H groups in total. The quantitative estimate of drug-likeness (QED) is 0.166. The highest BCUT2D eigenvalue weighted by Gasteiger charge is 2.38. The number of nitrogens with zero attached hydrogens (tertiary/aromatic N) is 1. The Morgan fingerprint density at radius 1 is 1.13 bits per heavy atom. The number of aromatic nitrogens is 1. The second-order valence-corrected chi connectivity index (χ2v) is 11.5. The molecule has 2 heterocycles. The third-order valence-corrected chi connectivity index (χ3v) is 8.77. The minimum absolute atomic E-state index is 0.0104. The highest BCUT2D eigenvalue weighted by Crippen LogP contribution is 2.43. The van der Waals surface area contributed by atoms with Gasteiger partial charge in [-0.3, -0.25) is 5.32 Å². The van der Waals surface area contributed by atoms with Crippen molar-refractivity contribution in [2.45, 2.75) is 36.4 Å². The van der Waals surface area contributed by atoms with Crippen LogP contribution in [0.5, 0.6) is 0 Å². The van der Waals surface area contributed by atoms with Crippen LogP contribution in [0.25, 0.3) is 10.2 Å². The van der Waals surface area contributed by atoms with Gasteiger partial charge in [0.15, 0.2) is 10.6 Å². The highest BCUT2D eigenvalue weighted by molar-refractivity contribution is 8.01. The van der Waals surface area contributed by atoms with Crippen molar-refractivity contribution in [1.82, 2.24) is 4.98 Å². The average Bonchev–Trinajstić information content (AvgIpc) is 3.39. The standard InChI is InChI=1S/C30H30N2O5S2/c1-3-15-35-29(34)31-23-8-6-7-22(16-23)28-36-25(18-38-30-32-24-9-4-5-10-26(24)39-30)19(2)27(37-28)21-13-11-20(17-33)12-14-21/h3-14,16,19,25,27-28,33H,1,15,17-18H2,2H3,(H,31,34)/t19-,25+,27+,28+/m1/s1. The maximum Gasteiger partial charge on any atom is 0.411 e. The first-order valence-electron chi connectivity index (χ1n) is 12.7. The van der Waals surface area contributed by atoms with E-state index in [1.54, 1.807) is 29.2 Å². The molecule has 1 aliphatic rings. The Balaban J connectivity index is 1.37. The zero-order valence-electron chi connectivity index (χ0n) is 21.5. The van der Waals surface area contributed by atoms with Gasteiger partial charge in [-0.2, -0.15) is 0 Å². The molecule has 0 spiro atoms. The Bertz CT molecular complexity index is 1390. The van der Waals surface area contributed by atoms with E-state index in [1.807, 2.05) is 60.7 Å². The van der Waals surface area contributed by atoms with Crippen molar-refractivity contribution in [3.05, 3.63) is 102 Å². The number of fused-ring (bicyclic) bond motifs is 1. The van der Waals surface area contributed by atoms with E-state index in [-0.39, 0.29) is 31.3 Å². The summed E-state index contributed by atoms with van der Waals surface area (Å²) in [4.78, 5) is 16.8. The summed E-state index contributed by atoms with van der Waals surface area (Å²) in [6.45, 7) is 5.81. The van der Waals surface area contributed by atoms with Gasteiger partial charge in [0.05, 0.1) is 29.0 Å². The Kier molecular flexibility index (Phi) is 8.95. The molecule has 3 aromatic carbocycles. The number of aliphatic hydroxyl groups is 1. The van der Waals surface area contributed by atoms with Gasteiger partial charge in [0.2, 0.25) is 0 Å². The fourth-order valence-corrected chi connectivity index (χ4v) is 6.69. The van der Waals surface area contributed by atoms with Gasteiger partial charge in [0, 0.05) is 22.9 Å². The van der Waals surface area contributed by atoms with E-state index in [2.05, 4.69) is 24.9 Å². The normalized spacial score (nSPS) is 21.0. The van der Waals surface area contributed by atoms with Crippen LogP contribution in [0.1, 0.15) is 36.0 Å². The molecule has 0 saturated carbocycles. The van der Waals surface area contributed by atoms with Crippen LogP contribution >= 0.6 is 23.1 Å². The predicted octanol–water partition coefficient (Wildman–Crippen LogP) is 7.11. The van der Waals surface area contributed by atoms with Crippen LogP contribution in [-0.2, 0) is 20.8 Å². The van der Waals surface area contributed by atoms with Crippen LogP contribution in [0, 0.1) is 5.92 Å². The number of carbonyl (C=O) groups is 1. The SMILES string of the molecule is C=CCOC(=O)Nc1cccc([C@H]2O[C@@H](CSc3nc4ccccc4s3)[C@@H](C)[C@@H](c3ccc(CO)cc3)O2)c1. The lowest BCUT2D eigenvalue weighted by atomic mass is 9.91. The van der Waals surface area contributed by atoms with Gasteiger partial charge < -0.3 is 19.3 Å².